The van der Waals surface area contributed by atoms with Gasteiger partial charge in [0.05, 0.1) is 10.9 Å². The van der Waals surface area contributed by atoms with E-state index in [0.29, 0.717) is 18.4 Å². The summed E-state index contributed by atoms with van der Waals surface area (Å²) < 4.78 is 26.9. The molecule has 0 aliphatic carbocycles. The third-order valence-corrected chi connectivity index (χ3v) is 8.44. The van der Waals surface area contributed by atoms with Crippen molar-refractivity contribution in [3.05, 3.63) is 65.2 Å². The van der Waals surface area contributed by atoms with Crippen molar-refractivity contribution in [1.82, 2.24) is 9.21 Å². The van der Waals surface area contributed by atoms with Gasteiger partial charge in [-0.2, -0.15) is 0 Å². The lowest BCUT2D eigenvalue weighted by atomic mass is 9.86. The van der Waals surface area contributed by atoms with E-state index < -0.39 is 10.0 Å². The van der Waals surface area contributed by atoms with Crippen LogP contribution in [0.3, 0.4) is 0 Å². The summed E-state index contributed by atoms with van der Waals surface area (Å²) in [5.74, 6) is -0.0415. The molecule has 1 fully saturated rings. The minimum absolute atomic E-state index is 0.0685. The van der Waals surface area contributed by atoms with Crippen LogP contribution in [-0.2, 0) is 20.2 Å². The first kappa shape index (κ1) is 26.1. The maximum Gasteiger partial charge on any atom is 0.242 e. The van der Waals surface area contributed by atoms with E-state index in [1.54, 1.807) is 0 Å². The van der Waals surface area contributed by atoms with Gasteiger partial charge in [-0.1, -0.05) is 57.2 Å². The summed E-state index contributed by atoms with van der Waals surface area (Å²) in [6, 6.07) is 14.6. The van der Waals surface area contributed by atoms with E-state index in [4.69, 9.17) is 0 Å². The van der Waals surface area contributed by atoms with E-state index in [-0.39, 0.29) is 34.6 Å². The van der Waals surface area contributed by atoms with Crippen LogP contribution in [-0.4, -0.2) is 49.5 Å². The zero-order chi connectivity index (χ0) is 25.1. The highest BCUT2D eigenvalue weighted by molar-refractivity contribution is 7.89. The fourth-order valence-corrected chi connectivity index (χ4v) is 5.58. The van der Waals surface area contributed by atoms with Gasteiger partial charge in [-0.3, -0.25) is 9.59 Å². The molecular weight excluding hydrogens is 448 g/mol. The molecule has 1 heterocycles. The van der Waals surface area contributed by atoms with Gasteiger partial charge in [-0.05, 0) is 54.9 Å². The summed E-state index contributed by atoms with van der Waals surface area (Å²) >= 11 is 0. The van der Waals surface area contributed by atoms with Crippen LogP contribution >= 0.6 is 0 Å². The molecule has 6 nitrogen and oxygen atoms in total. The SMILES string of the molecule is CC(=O)c1ccc(S(=O)(=O)N(C)CCCC(=O)N2CCCC2c2ccc(C(C)(C)C)cc2)cc1. The van der Waals surface area contributed by atoms with E-state index in [2.05, 4.69) is 45.0 Å². The van der Waals surface area contributed by atoms with E-state index in [0.717, 1.165) is 24.9 Å². The first-order chi connectivity index (χ1) is 15.9. The summed E-state index contributed by atoms with van der Waals surface area (Å²) in [7, 11) is -2.15. The number of likely N-dealkylation sites (tertiary alicyclic amines) is 1. The molecule has 3 rings (SSSR count). The molecule has 0 saturated carbocycles. The highest BCUT2D eigenvalue weighted by Crippen LogP contribution is 2.34. The van der Waals surface area contributed by atoms with Crippen LogP contribution in [0.15, 0.2) is 53.4 Å². The molecule has 34 heavy (non-hydrogen) atoms. The molecule has 7 heteroatoms. The first-order valence-electron chi connectivity index (χ1n) is 11.9. The van der Waals surface area contributed by atoms with Crippen LogP contribution in [0.25, 0.3) is 0 Å². The molecule has 2 aromatic carbocycles. The number of amides is 1. The Labute approximate surface area is 204 Å². The van der Waals surface area contributed by atoms with Gasteiger partial charge in [0.15, 0.2) is 5.78 Å². The molecule has 0 spiro atoms. The lowest BCUT2D eigenvalue weighted by Gasteiger charge is -2.27. The molecular formula is C27H36N2O4S. The third-order valence-electron chi connectivity index (χ3n) is 6.57. The molecule has 1 unspecified atom stereocenters. The van der Waals surface area contributed by atoms with Crippen molar-refractivity contribution < 1.29 is 18.0 Å². The second kappa shape index (κ2) is 10.4. The maximum absolute atomic E-state index is 13.0. The zero-order valence-electron chi connectivity index (χ0n) is 20.9. The summed E-state index contributed by atoms with van der Waals surface area (Å²) in [6.45, 7) is 8.99. The lowest BCUT2D eigenvalue weighted by Crippen LogP contribution is -2.32. The lowest BCUT2D eigenvalue weighted by molar-refractivity contribution is -0.132. The Bertz CT molecular complexity index is 1120. The number of hydrogen-bond acceptors (Lipinski definition) is 4. The molecule has 2 aromatic rings. The fraction of sp³-hybridized carbons (Fsp3) is 0.481. The Morgan fingerprint density at radius 1 is 1.03 bits per heavy atom. The Morgan fingerprint density at radius 2 is 1.65 bits per heavy atom. The molecule has 0 bridgehead atoms. The number of ketones is 1. The number of sulfonamides is 1. The molecule has 0 N–H and O–H groups in total. The zero-order valence-corrected chi connectivity index (χ0v) is 21.7. The van der Waals surface area contributed by atoms with Crippen molar-refractivity contribution >= 4 is 21.7 Å². The highest BCUT2D eigenvalue weighted by Gasteiger charge is 2.30. The molecule has 0 radical (unpaired) electrons. The van der Waals surface area contributed by atoms with E-state index in [1.165, 1.54) is 48.1 Å². The molecule has 1 aliphatic heterocycles. The first-order valence-corrected chi connectivity index (χ1v) is 13.3. The molecule has 0 aromatic heterocycles. The van der Waals surface area contributed by atoms with Gasteiger partial charge in [0.2, 0.25) is 15.9 Å². The van der Waals surface area contributed by atoms with Gasteiger partial charge >= 0.3 is 0 Å². The van der Waals surface area contributed by atoms with Crippen molar-refractivity contribution in [2.24, 2.45) is 0 Å². The van der Waals surface area contributed by atoms with Crippen molar-refractivity contribution in [2.45, 2.75) is 69.7 Å². The number of carbonyl (C=O) groups is 2. The van der Waals surface area contributed by atoms with Crippen molar-refractivity contribution in [3.63, 3.8) is 0 Å². The third kappa shape index (κ3) is 5.94. The Balaban J connectivity index is 1.57. The normalized spacial score (nSPS) is 16.8. The molecule has 1 saturated heterocycles. The Hall–Kier alpha value is -2.51. The minimum atomic E-state index is -3.67. The standard InChI is InChI=1S/C27H36N2O4S/c1-20(30)21-12-16-24(17-13-21)34(32,33)28(5)18-7-9-26(31)29-19-6-8-25(29)22-10-14-23(15-11-22)27(2,3)4/h10-17,25H,6-9,18-19H2,1-5H3. The van der Waals surface area contributed by atoms with Crippen LogP contribution in [0.2, 0.25) is 0 Å². The highest BCUT2D eigenvalue weighted by atomic mass is 32.2. The predicted molar refractivity (Wildman–Crippen MR) is 134 cm³/mol. The van der Waals surface area contributed by atoms with Crippen LogP contribution in [0, 0.1) is 0 Å². The van der Waals surface area contributed by atoms with Gasteiger partial charge < -0.3 is 4.90 Å². The summed E-state index contributed by atoms with van der Waals surface area (Å²) in [5, 5.41) is 0. The molecule has 1 atom stereocenters. The number of Topliss-reactive ketones (excluding diaryl/α,β-unsaturated/α-hetero) is 1. The van der Waals surface area contributed by atoms with Gasteiger partial charge in [0.1, 0.15) is 0 Å². The predicted octanol–water partition coefficient (Wildman–Crippen LogP) is 4.95. The molecule has 1 aliphatic rings. The average molecular weight is 485 g/mol. The maximum atomic E-state index is 13.0. The van der Waals surface area contributed by atoms with Crippen LogP contribution in [0.1, 0.15) is 80.9 Å². The van der Waals surface area contributed by atoms with Crippen molar-refractivity contribution in [1.29, 1.82) is 0 Å². The topological polar surface area (TPSA) is 74.8 Å². The van der Waals surface area contributed by atoms with Crippen LogP contribution in [0.5, 0.6) is 0 Å². The average Bonchev–Trinajstić information content (AvgIpc) is 3.28. The van der Waals surface area contributed by atoms with Crippen molar-refractivity contribution in [2.75, 3.05) is 20.1 Å². The minimum Gasteiger partial charge on any atom is -0.336 e. The van der Waals surface area contributed by atoms with E-state index in [1.807, 2.05) is 4.90 Å². The van der Waals surface area contributed by atoms with E-state index in [9.17, 15) is 18.0 Å². The summed E-state index contributed by atoms with van der Waals surface area (Å²) in [5.41, 5.74) is 2.99. The van der Waals surface area contributed by atoms with Crippen LogP contribution in [0.4, 0.5) is 0 Å². The van der Waals surface area contributed by atoms with Gasteiger partial charge in [-0.25, -0.2) is 12.7 Å². The largest absolute Gasteiger partial charge is 0.336 e. The fourth-order valence-electron chi connectivity index (χ4n) is 4.38. The van der Waals surface area contributed by atoms with Gasteiger partial charge in [-0.15, -0.1) is 0 Å². The smallest absolute Gasteiger partial charge is 0.242 e. The number of benzene rings is 2. The number of rotatable bonds is 8. The quantitative estimate of drug-likeness (QED) is 0.497. The number of nitrogens with zero attached hydrogens (tertiary/aromatic N) is 2. The Morgan fingerprint density at radius 3 is 2.21 bits per heavy atom. The monoisotopic (exact) mass is 484 g/mol. The molecule has 184 valence electrons. The molecule has 1 amide bonds. The van der Waals surface area contributed by atoms with Gasteiger partial charge in [0.25, 0.3) is 0 Å². The summed E-state index contributed by atoms with van der Waals surface area (Å²) in [4.78, 5) is 26.5. The Kier molecular flexibility index (Phi) is 7.98. The summed E-state index contributed by atoms with van der Waals surface area (Å²) in [6.07, 6.45) is 2.68. The van der Waals surface area contributed by atoms with Crippen LogP contribution < -0.4 is 0 Å². The van der Waals surface area contributed by atoms with E-state index >= 15 is 0 Å². The van der Waals surface area contributed by atoms with Crippen molar-refractivity contribution in [3.8, 4) is 0 Å². The second-order valence-electron chi connectivity index (χ2n) is 10.1. The van der Waals surface area contributed by atoms with Gasteiger partial charge in [0, 0.05) is 32.1 Å². The number of carbonyl (C=O) groups excluding carboxylic acids is 2. The number of hydrogen-bond donors (Lipinski definition) is 0. The second-order valence-corrected chi connectivity index (χ2v) is 12.2.